The Morgan fingerprint density at radius 3 is 2.46 bits per heavy atom. The lowest BCUT2D eigenvalue weighted by Crippen LogP contribution is -2.30. The molecule has 13 heavy (non-hydrogen) atoms. The second kappa shape index (κ2) is 2.90. The topological polar surface area (TPSA) is 57.2 Å². The van der Waals surface area contributed by atoms with Gasteiger partial charge in [-0.3, -0.25) is 0 Å². The molecule has 0 bridgehead atoms. The summed E-state index contributed by atoms with van der Waals surface area (Å²) in [5.41, 5.74) is 0. The minimum atomic E-state index is -0.961. The Balaban J connectivity index is 2.12. The fraction of sp³-hybridized carbons (Fsp3) is 1.00. The van der Waals surface area contributed by atoms with Crippen LogP contribution in [-0.4, -0.2) is 42.8 Å². The van der Waals surface area contributed by atoms with Crippen LogP contribution < -0.4 is 0 Å². The summed E-state index contributed by atoms with van der Waals surface area (Å²) in [5, 5.41) is 9.43. The first-order valence-corrected chi connectivity index (χ1v) is 4.25. The highest BCUT2D eigenvalue weighted by Gasteiger charge is 2.55. The molecule has 3 unspecified atom stereocenters. The Morgan fingerprint density at radius 1 is 1.23 bits per heavy atom. The molecule has 5 nitrogen and oxygen atoms in total. The van der Waals surface area contributed by atoms with E-state index in [9.17, 15) is 5.11 Å². The number of rotatable bonds is 1. The molecule has 2 aliphatic heterocycles. The van der Waals surface area contributed by atoms with Crippen molar-refractivity contribution in [1.82, 2.24) is 0 Å². The molecule has 0 aromatic heterocycles. The van der Waals surface area contributed by atoms with Crippen molar-refractivity contribution in [2.24, 2.45) is 0 Å². The van der Waals surface area contributed by atoms with Gasteiger partial charge in [0.15, 0.2) is 18.4 Å². The lowest BCUT2D eigenvalue weighted by molar-refractivity contribution is -0.259. The zero-order chi connectivity index (χ0) is 9.64. The molecule has 4 atom stereocenters. The summed E-state index contributed by atoms with van der Waals surface area (Å²) in [4.78, 5) is 0. The van der Waals surface area contributed by atoms with Crippen LogP contribution in [-0.2, 0) is 18.9 Å². The summed E-state index contributed by atoms with van der Waals surface area (Å²) in [6.45, 7) is 3.59. The normalized spacial score (nSPS) is 48.0. The van der Waals surface area contributed by atoms with Crippen molar-refractivity contribution in [3.05, 3.63) is 0 Å². The Kier molecular flexibility index (Phi) is 2.08. The van der Waals surface area contributed by atoms with Gasteiger partial charge in [-0.2, -0.15) is 0 Å². The minimum Gasteiger partial charge on any atom is -0.366 e. The van der Waals surface area contributed by atoms with E-state index < -0.39 is 24.5 Å². The lowest BCUT2D eigenvalue weighted by atomic mass is 10.2. The largest absolute Gasteiger partial charge is 0.366 e. The van der Waals surface area contributed by atoms with Gasteiger partial charge in [0, 0.05) is 7.11 Å². The number of aliphatic hydroxyl groups excluding tert-OH is 1. The number of hydrogen-bond donors (Lipinski definition) is 1. The molecule has 2 rings (SSSR count). The van der Waals surface area contributed by atoms with Gasteiger partial charge in [0.2, 0.25) is 0 Å². The number of aliphatic hydroxyl groups is 1. The molecule has 2 heterocycles. The molecule has 5 heteroatoms. The predicted molar refractivity (Wildman–Crippen MR) is 41.7 cm³/mol. The van der Waals surface area contributed by atoms with Crippen LogP contribution in [0.25, 0.3) is 0 Å². The molecule has 2 saturated heterocycles. The van der Waals surface area contributed by atoms with E-state index in [1.165, 1.54) is 7.11 Å². The molecular formula is C8H14O5. The smallest absolute Gasteiger partial charge is 0.189 e. The van der Waals surface area contributed by atoms with Crippen molar-refractivity contribution >= 4 is 0 Å². The maximum atomic E-state index is 9.43. The van der Waals surface area contributed by atoms with Crippen molar-refractivity contribution in [3.63, 3.8) is 0 Å². The fourth-order valence-electron chi connectivity index (χ4n) is 1.73. The summed E-state index contributed by atoms with van der Waals surface area (Å²) >= 11 is 0. The quantitative estimate of drug-likeness (QED) is 0.622. The van der Waals surface area contributed by atoms with E-state index in [1.807, 2.05) is 0 Å². The van der Waals surface area contributed by atoms with E-state index in [1.54, 1.807) is 13.8 Å². The minimum absolute atomic E-state index is 0.338. The van der Waals surface area contributed by atoms with Crippen LogP contribution in [0.3, 0.4) is 0 Å². The number of methoxy groups -OCH3 is 1. The Hall–Kier alpha value is -0.200. The van der Waals surface area contributed by atoms with E-state index in [2.05, 4.69) is 0 Å². The molecule has 0 radical (unpaired) electrons. The van der Waals surface area contributed by atoms with Gasteiger partial charge >= 0.3 is 0 Å². The van der Waals surface area contributed by atoms with Gasteiger partial charge in [-0.05, 0) is 13.8 Å². The van der Waals surface area contributed by atoms with E-state index >= 15 is 0 Å². The molecule has 0 aromatic rings. The van der Waals surface area contributed by atoms with Gasteiger partial charge in [-0.25, -0.2) is 0 Å². The summed E-state index contributed by atoms with van der Waals surface area (Å²) in [6, 6.07) is 0. The summed E-state index contributed by atoms with van der Waals surface area (Å²) < 4.78 is 21.0. The van der Waals surface area contributed by atoms with Gasteiger partial charge in [0.25, 0.3) is 0 Å². The van der Waals surface area contributed by atoms with Gasteiger partial charge in [-0.1, -0.05) is 0 Å². The number of hydrogen-bond acceptors (Lipinski definition) is 5. The van der Waals surface area contributed by atoms with Crippen molar-refractivity contribution in [2.45, 2.75) is 44.4 Å². The second-order valence-corrected chi connectivity index (χ2v) is 3.70. The maximum Gasteiger partial charge on any atom is 0.189 e. The van der Waals surface area contributed by atoms with Crippen LogP contribution in [0.4, 0.5) is 0 Å². The van der Waals surface area contributed by atoms with E-state index in [-0.39, 0.29) is 6.10 Å². The van der Waals surface area contributed by atoms with Crippen LogP contribution in [0.2, 0.25) is 0 Å². The summed E-state index contributed by atoms with van der Waals surface area (Å²) in [6.07, 6.45) is -2.28. The summed E-state index contributed by atoms with van der Waals surface area (Å²) in [5.74, 6) is -0.670. The van der Waals surface area contributed by atoms with Crippen molar-refractivity contribution in [2.75, 3.05) is 7.11 Å². The molecule has 0 amide bonds. The fourth-order valence-corrected chi connectivity index (χ4v) is 1.73. The van der Waals surface area contributed by atoms with Crippen LogP contribution in [0, 0.1) is 0 Å². The van der Waals surface area contributed by atoms with Gasteiger partial charge in [0.1, 0.15) is 12.2 Å². The molecule has 2 fully saturated rings. The van der Waals surface area contributed by atoms with Gasteiger partial charge in [0.05, 0.1) is 0 Å². The van der Waals surface area contributed by atoms with Crippen LogP contribution >= 0.6 is 0 Å². The van der Waals surface area contributed by atoms with E-state index in [0.717, 1.165) is 0 Å². The SMILES string of the molecule is COC1O[C@H](O)C2OC(C)(C)OC12. The number of ether oxygens (including phenoxy) is 4. The third-order valence-electron chi connectivity index (χ3n) is 2.22. The van der Waals surface area contributed by atoms with Crippen LogP contribution in [0.15, 0.2) is 0 Å². The van der Waals surface area contributed by atoms with Crippen molar-refractivity contribution in [1.29, 1.82) is 0 Å². The molecule has 0 spiro atoms. The van der Waals surface area contributed by atoms with E-state index in [0.29, 0.717) is 0 Å². The third-order valence-corrected chi connectivity index (χ3v) is 2.22. The first-order chi connectivity index (χ1) is 6.03. The Labute approximate surface area is 76.5 Å². The maximum absolute atomic E-state index is 9.43. The number of fused-ring (bicyclic) bond motifs is 1. The monoisotopic (exact) mass is 190 g/mol. The van der Waals surface area contributed by atoms with Crippen molar-refractivity contribution in [3.8, 4) is 0 Å². The average molecular weight is 190 g/mol. The molecule has 0 aliphatic carbocycles. The van der Waals surface area contributed by atoms with Crippen molar-refractivity contribution < 1.29 is 24.1 Å². The molecule has 0 aromatic carbocycles. The average Bonchev–Trinajstić information content (AvgIpc) is 2.47. The highest BCUT2D eigenvalue weighted by molar-refractivity contribution is 4.90. The first kappa shape index (κ1) is 9.36. The van der Waals surface area contributed by atoms with Crippen LogP contribution in [0.1, 0.15) is 13.8 Å². The molecule has 1 N–H and O–H groups in total. The highest BCUT2D eigenvalue weighted by Crippen LogP contribution is 2.37. The second-order valence-electron chi connectivity index (χ2n) is 3.70. The molecular weight excluding hydrogens is 176 g/mol. The Morgan fingerprint density at radius 2 is 1.85 bits per heavy atom. The molecule has 76 valence electrons. The Bertz CT molecular complexity index is 205. The van der Waals surface area contributed by atoms with Gasteiger partial charge < -0.3 is 24.1 Å². The lowest BCUT2D eigenvalue weighted by Gasteiger charge is -2.21. The molecule has 2 aliphatic rings. The molecule has 0 saturated carbocycles. The zero-order valence-corrected chi connectivity index (χ0v) is 7.89. The van der Waals surface area contributed by atoms with E-state index in [4.69, 9.17) is 18.9 Å². The van der Waals surface area contributed by atoms with Crippen LogP contribution in [0.5, 0.6) is 0 Å². The summed E-state index contributed by atoms with van der Waals surface area (Å²) in [7, 11) is 1.51. The van der Waals surface area contributed by atoms with Gasteiger partial charge in [-0.15, -0.1) is 0 Å². The third kappa shape index (κ3) is 1.47. The predicted octanol–water partition coefficient (Wildman–Crippen LogP) is -0.172. The zero-order valence-electron chi connectivity index (χ0n) is 7.89. The highest BCUT2D eigenvalue weighted by atomic mass is 16.8. The standard InChI is InChI=1S/C8H14O5/c1-8(2)12-4-5(13-8)7(10-3)11-6(4)9/h4-7,9H,1-3H3/t4?,5?,6-,7?/m0/s1. The first-order valence-electron chi connectivity index (χ1n) is 4.25.